The monoisotopic (exact) mass is 322 g/mol. The van der Waals surface area contributed by atoms with Crippen LogP contribution < -0.4 is 5.73 Å². The van der Waals surface area contributed by atoms with Gasteiger partial charge in [-0.15, -0.1) is 0 Å². The van der Waals surface area contributed by atoms with Gasteiger partial charge in [-0.1, -0.05) is 6.92 Å². The number of aryl methyl sites for hydroxylation is 4. The molecule has 0 saturated carbocycles. The van der Waals surface area contributed by atoms with Gasteiger partial charge in [0.2, 0.25) is 0 Å². The van der Waals surface area contributed by atoms with Crippen molar-refractivity contribution in [2.45, 2.75) is 53.0 Å². The first-order valence-electron chi connectivity index (χ1n) is 7.87. The number of aromatic nitrogens is 3. The third-order valence-electron chi connectivity index (χ3n) is 4.01. The van der Waals surface area contributed by atoms with E-state index >= 15 is 0 Å². The number of nitrogens with two attached hydrogens (primary N) is 1. The van der Waals surface area contributed by atoms with E-state index in [1.807, 2.05) is 6.92 Å². The molecule has 1 unspecified atom stereocenters. The highest BCUT2D eigenvalue weighted by Gasteiger charge is 2.16. The molecule has 122 valence electrons. The van der Waals surface area contributed by atoms with Gasteiger partial charge in [0.1, 0.15) is 11.3 Å². The maximum Gasteiger partial charge on any atom is 0.151 e. The quantitative estimate of drug-likeness (QED) is 0.795. The Morgan fingerprint density at radius 2 is 1.95 bits per heavy atom. The Balaban J connectivity index is 2.40. The van der Waals surface area contributed by atoms with Crippen molar-refractivity contribution in [2.75, 3.05) is 17.7 Å². The largest absolute Gasteiger partial charge is 0.382 e. The molecule has 2 heterocycles. The number of rotatable bonds is 7. The van der Waals surface area contributed by atoms with Crippen LogP contribution in [0.4, 0.5) is 5.82 Å². The van der Waals surface area contributed by atoms with E-state index in [0.717, 1.165) is 66.1 Å². The molecule has 2 N–H and O–H groups in total. The molecule has 0 aliphatic carbocycles. The SMILES string of the molecule is CCCc1nc2c(N)nc(C)c(C)c2n1CCCCS(C)=O. The van der Waals surface area contributed by atoms with Crippen LogP contribution in [0.5, 0.6) is 0 Å². The molecule has 5 nitrogen and oxygen atoms in total. The zero-order valence-electron chi connectivity index (χ0n) is 14.0. The van der Waals surface area contributed by atoms with E-state index in [4.69, 9.17) is 10.7 Å². The number of imidazole rings is 1. The summed E-state index contributed by atoms with van der Waals surface area (Å²) in [6.45, 7) is 7.12. The maximum absolute atomic E-state index is 11.2. The number of anilines is 1. The zero-order valence-corrected chi connectivity index (χ0v) is 14.8. The fourth-order valence-electron chi connectivity index (χ4n) is 2.78. The molecule has 0 amide bonds. The number of hydrogen-bond donors (Lipinski definition) is 1. The van der Waals surface area contributed by atoms with Crippen LogP contribution in [0.25, 0.3) is 11.0 Å². The summed E-state index contributed by atoms with van der Waals surface area (Å²) in [5, 5.41) is 0. The predicted molar refractivity (Wildman–Crippen MR) is 93.6 cm³/mol. The lowest BCUT2D eigenvalue weighted by atomic mass is 10.2. The summed E-state index contributed by atoms with van der Waals surface area (Å²) in [5.41, 5.74) is 10.1. The Labute approximate surface area is 134 Å². The summed E-state index contributed by atoms with van der Waals surface area (Å²) in [7, 11) is -0.716. The first-order chi connectivity index (χ1) is 10.5. The van der Waals surface area contributed by atoms with Gasteiger partial charge in [0, 0.05) is 41.5 Å². The molecule has 0 aliphatic rings. The average Bonchev–Trinajstić information content (AvgIpc) is 2.81. The van der Waals surface area contributed by atoms with E-state index in [9.17, 15) is 4.21 Å². The molecule has 0 saturated heterocycles. The van der Waals surface area contributed by atoms with Gasteiger partial charge >= 0.3 is 0 Å². The van der Waals surface area contributed by atoms with Gasteiger partial charge in [-0.05, 0) is 38.7 Å². The number of fused-ring (bicyclic) bond motifs is 1. The van der Waals surface area contributed by atoms with E-state index in [1.165, 1.54) is 0 Å². The Bertz CT molecular complexity index is 693. The molecule has 0 aliphatic heterocycles. The third-order valence-corrected chi connectivity index (χ3v) is 4.88. The lowest BCUT2D eigenvalue weighted by Crippen LogP contribution is -2.07. The molecule has 0 bridgehead atoms. The summed E-state index contributed by atoms with van der Waals surface area (Å²) in [6, 6.07) is 0. The highest BCUT2D eigenvalue weighted by molar-refractivity contribution is 7.84. The molecule has 6 heteroatoms. The molecule has 2 aromatic rings. The van der Waals surface area contributed by atoms with Crippen LogP contribution in [0, 0.1) is 13.8 Å². The Kier molecular flexibility index (Phi) is 5.56. The molecule has 1 atom stereocenters. The van der Waals surface area contributed by atoms with Crippen LogP contribution in [0.1, 0.15) is 43.3 Å². The highest BCUT2D eigenvalue weighted by Crippen LogP contribution is 2.27. The van der Waals surface area contributed by atoms with Crippen molar-refractivity contribution in [3.63, 3.8) is 0 Å². The molecule has 2 rings (SSSR count). The summed E-state index contributed by atoms with van der Waals surface area (Å²) in [4.78, 5) is 9.13. The van der Waals surface area contributed by atoms with Crippen molar-refractivity contribution in [1.82, 2.24) is 14.5 Å². The van der Waals surface area contributed by atoms with Crippen molar-refractivity contribution >= 4 is 27.7 Å². The van der Waals surface area contributed by atoms with E-state index in [2.05, 4.69) is 23.4 Å². The van der Waals surface area contributed by atoms with Gasteiger partial charge in [-0.3, -0.25) is 4.21 Å². The second-order valence-corrected chi connectivity index (χ2v) is 7.37. The van der Waals surface area contributed by atoms with Crippen LogP contribution in [0.3, 0.4) is 0 Å². The van der Waals surface area contributed by atoms with Gasteiger partial charge in [0.05, 0.1) is 5.52 Å². The Morgan fingerprint density at radius 3 is 2.59 bits per heavy atom. The van der Waals surface area contributed by atoms with Crippen molar-refractivity contribution in [3.8, 4) is 0 Å². The molecule has 22 heavy (non-hydrogen) atoms. The van der Waals surface area contributed by atoms with Gasteiger partial charge < -0.3 is 10.3 Å². The van der Waals surface area contributed by atoms with Crippen molar-refractivity contribution in [2.24, 2.45) is 0 Å². The summed E-state index contributed by atoms with van der Waals surface area (Å²) < 4.78 is 13.5. The smallest absolute Gasteiger partial charge is 0.151 e. The van der Waals surface area contributed by atoms with Gasteiger partial charge in [-0.2, -0.15) is 0 Å². The van der Waals surface area contributed by atoms with Crippen molar-refractivity contribution in [3.05, 3.63) is 17.1 Å². The second kappa shape index (κ2) is 7.22. The van der Waals surface area contributed by atoms with E-state index in [0.29, 0.717) is 5.82 Å². The summed E-state index contributed by atoms with van der Waals surface area (Å²) in [5.74, 6) is 2.36. The number of pyridine rings is 1. The van der Waals surface area contributed by atoms with E-state index < -0.39 is 10.8 Å². The Hall–Kier alpha value is -1.43. The van der Waals surface area contributed by atoms with Crippen LogP contribution in [-0.2, 0) is 23.8 Å². The molecule has 0 fully saturated rings. The van der Waals surface area contributed by atoms with Crippen LogP contribution in [0.15, 0.2) is 0 Å². The van der Waals surface area contributed by atoms with Crippen LogP contribution >= 0.6 is 0 Å². The molecule has 2 aromatic heterocycles. The average molecular weight is 322 g/mol. The highest BCUT2D eigenvalue weighted by atomic mass is 32.2. The number of hydrogen-bond acceptors (Lipinski definition) is 4. The third kappa shape index (κ3) is 3.48. The first kappa shape index (κ1) is 16.9. The minimum Gasteiger partial charge on any atom is -0.382 e. The number of nitrogens with zero attached hydrogens (tertiary/aromatic N) is 3. The van der Waals surface area contributed by atoms with Crippen LogP contribution in [-0.4, -0.2) is 30.8 Å². The molecular formula is C16H26N4OS. The number of unbranched alkanes of at least 4 members (excludes halogenated alkanes) is 1. The second-order valence-electron chi connectivity index (χ2n) is 5.82. The molecule has 0 spiro atoms. The molecule has 0 aromatic carbocycles. The minimum absolute atomic E-state index is 0.517. The summed E-state index contributed by atoms with van der Waals surface area (Å²) in [6.07, 6.45) is 5.71. The van der Waals surface area contributed by atoms with Gasteiger partial charge in [-0.25, -0.2) is 9.97 Å². The first-order valence-corrected chi connectivity index (χ1v) is 9.60. The Morgan fingerprint density at radius 1 is 1.23 bits per heavy atom. The minimum atomic E-state index is -0.716. The lowest BCUT2D eigenvalue weighted by molar-refractivity contribution is 0.609. The van der Waals surface area contributed by atoms with Crippen LogP contribution in [0.2, 0.25) is 0 Å². The topological polar surface area (TPSA) is 73.8 Å². The van der Waals surface area contributed by atoms with Crippen molar-refractivity contribution < 1.29 is 4.21 Å². The molecule has 0 radical (unpaired) electrons. The fourth-order valence-corrected chi connectivity index (χ4v) is 3.39. The van der Waals surface area contributed by atoms with E-state index in [1.54, 1.807) is 6.26 Å². The van der Waals surface area contributed by atoms with Gasteiger partial charge in [0.15, 0.2) is 5.82 Å². The fraction of sp³-hybridized carbons (Fsp3) is 0.625. The number of nitrogen functional groups attached to an aromatic ring is 1. The van der Waals surface area contributed by atoms with Crippen molar-refractivity contribution in [1.29, 1.82) is 0 Å². The molecular weight excluding hydrogens is 296 g/mol. The predicted octanol–water partition coefficient (Wildman–Crippen LogP) is 2.74. The maximum atomic E-state index is 11.2. The standard InChI is InChI=1S/C16H26N4OS/c1-5-8-13-19-14-15(11(2)12(3)18-16(14)17)20(13)9-6-7-10-22(4)21/h5-10H2,1-4H3,(H2,17,18). The zero-order chi connectivity index (χ0) is 16.3. The lowest BCUT2D eigenvalue weighted by Gasteiger charge is -2.11. The normalized spacial score (nSPS) is 12.9. The van der Waals surface area contributed by atoms with Gasteiger partial charge in [0.25, 0.3) is 0 Å². The summed E-state index contributed by atoms with van der Waals surface area (Å²) >= 11 is 0. The van der Waals surface area contributed by atoms with E-state index in [-0.39, 0.29) is 0 Å².